The summed E-state index contributed by atoms with van der Waals surface area (Å²) >= 11 is 0. The summed E-state index contributed by atoms with van der Waals surface area (Å²) in [5, 5.41) is 3.81. The molecule has 1 unspecified atom stereocenters. The van der Waals surface area contributed by atoms with Crippen molar-refractivity contribution in [3.63, 3.8) is 0 Å². The predicted molar refractivity (Wildman–Crippen MR) is 102 cm³/mol. The Morgan fingerprint density at radius 3 is 2.48 bits per heavy atom. The molecular formula is C23H19NO. The average molecular weight is 325 g/mol. The standard InChI is InChI=1S/C23H19NO/c1-2-8-17(9-3-1)19-16-23(24-21-12-6-4-10-18(19)21)14-15-25-22-13-7-5-11-20(22)23/h1-13,16,24H,14-15H2. The van der Waals surface area contributed by atoms with Crippen LogP contribution >= 0.6 is 0 Å². The van der Waals surface area contributed by atoms with Crippen molar-refractivity contribution in [2.45, 2.75) is 12.0 Å². The van der Waals surface area contributed by atoms with Gasteiger partial charge in [-0.25, -0.2) is 0 Å². The first-order valence-corrected chi connectivity index (χ1v) is 8.74. The quantitative estimate of drug-likeness (QED) is 0.662. The lowest BCUT2D eigenvalue weighted by molar-refractivity contribution is 0.250. The number of ether oxygens (including phenoxy) is 1. The number of fused-ring (bicyclic) bond motifs is 3. The number of nitrogens with one attached hydrogen (secondary N) is 1. The smallest absolute Gasteiger partial charge is 0.125 e. The molecule has 25 heavy (non-hydrogen) atoms. The molecule has 0 aromatic heterocycles. The van der Waals surface area contributed by atoms with Crippen molar-refractivity contribution in [1.82, 2.24) is 0 Å². The summed E-state index contributed by atoms with van der Waals surface area (Å²) in [6.45, 7) is 0.713. The molecule has 2 aliphatic heterocycles. The van der Waals surface area contributed by atoms with Crippen molar-refractivity contribution < 1.29 is 4.74 Å². The minimum Gasteiger partial charge on any atom is -0.493 e. The molecule has 5 rings (SSSR count). The molecule has 2 heterocycles. The highest BCUT2D eigenvalue weighted by atomic mass is 16.5. The molecule has 0 saturated carbocycles. The number of rotatable bonds is 1. The third-order valence-corrected chi connectivity index (χ3v) is 5.17. The van der Waals surface area contributed by atoms with Crippen LogP contribution < -0.4 is 10.1 Å². The lowest BCUT2D eigenvalue weighted by atomic mass is 9.77. The van der Waals surface area contributed by atoms with Crippen molar-refractivity contribution in [3.05, 3.63) is 102 Å². The number of benzene rings is 3. The van der Waals surface area contributed by atoms with E-state index in [2.05, 4.69) is 84.2 Å². The molecule has 0 fully saturated rings. The van der Waals surface area contributed by atoms with Crippen LogP contribution in [0.3, 0.4) is 0 Å². The second-order valence-electron chi connectivity index (χ2n) is 6.66. The Bertz CT molecular complexity index is 961. The first-order chi connectivity index (χ1) is 12.4. The van der Waals surface area contributed by atoms with Gasteiger partial charge in [0.15, 0.2) is 0 Å². The van der Waals surface area contributed by atoms with Gasteiger partial charge in [-0.2, -0.15) is 0 Å². The SMILES string of the molecule is C1=C(c2ccccc2)c2ccccc2NC12CCOc1ccccc12. The summed E-state index contributed by atoms with van der Waals surface area (Å²) in [6.07, 6.45) is 3.31. The second kappa shape index (κ2) is 5.52. The molecule has 122 valence electrons. The molecule has 0 amide bonds. The molecule has 2 nitrogen and oxygen atoms in total. The van der Waals surface area contributed by atoms with E-state index in [1.165, 1.54) is 28.0 Å². The Morgan fingerprint density at radius 1 is 0.800 bits per heavy atom. The topological polar surface area (TPSA) is 21.3 Å². The maximum atomic E-state index is 5.91. The van der Waals surface area contributed by atoms with Crippen LogP contribution in [0.2, 0.25) is 0 Å². The third kappa shape index (κ3) is 2.25. The van der Waals surface area contributed by atoms with Gasteiger partial charge in [-0.1, -0.05) is 66.7 Å². The Hall–Kier alpha value is -3.00. The minimum atomic E-state index is -0.228. The van der Waals surface area contributed by atoms with E-state index in [1.807, 2.05) is 6.07 Å². The molecular weight excluding hydrogens is 306 g/mol. The van der Waals surface area contributed by atoms with Gasteiger partial charge in [0.05, 0.1) is 12.1 Å². The summed E-state index contributed by atoms with van der Waals surface area (Å²) in [5.74, 6) is 0.976. The Labute approximate surface area is 147 Å². The second-order valence-corrected chi connectivity index (χ2v) is 6.66. The number of para-hydroxylation sites is 2. The Balaban J connectivity index is 1.77. The van der Waals surface area contributed by atoms with Gasteiger partial charge in [-0.05, 0) is 29.3 Å². The van der Waals surface area contributed by atoms with Crippen molar-refractivity contribution in [2.24, 2.45) is 0 Å². The summed E-state index contributed by atoms with van der Waals surface area (Å²) in [6, 6.07) is 27.6. The Morgan fingerprint density at radius 2 is 1.56 bits per heavy atom. The van der Waals surface area contributed by atoms with E-state index in [1.54, 1.807) is 0 Å². The van der Waals surface area contributed by atoms with E-state index in [9.17, 15) is 0 Å². The van der Waals surface area contributed by atoms with Gasteiger partial charge < -0.3 is 10.1 Å². The van der Waals surface area contributed by atoms with Gasteiger partial charge >= 0.3 is 0 Å². The van der Waals surface area contributed by atoms with Crippen LogP contribution in [0.1, 0.15) is 23.1 Å². The van der Waals surface area contributed by atoms with Crippen LogP contribution in [-0.2, 0) is 5.54 Å². The monoisotopic (exact) mass is 325 g/mol. The van der Waals surface area contributed by atoms with Crippen molar-refractivity contribution >= 4 is 11.3 Å². The van der Waals surface area contributed by atoms with Crippen LogP contribution in [0.15, 0.2) is 84.9 Å². The maximum Gasteiger partial charge on any atom is 0.125 e. The zero-order valence-electron chi connectivity index (χ0n) is 13.9. The summed E-state index contributed by atoms with van der Waals surface area (Å²) in [7, 11) is 0. The molecule has 0 bridgehead atoms. The number of hydrogen-bond donors (Lipinski definition) is 1. The first kappa shape index (κ1) is 14.4. The van der Waals surface area contributed by atoms with E-state index >= 15 is 0 Å². The van der Waals surface area contributed by atoms with E-state index in [0.717, 1.165) is 12.2 Å². The molecule has 1 N–H and O–H groups in total. The van der Waals surface area contributed by atoms with E-state index in [-0.39, 0.29) is 5.54 Å². The average Bonchev–Trinajstić information content (AvgIpc) is 2.68. The van der Waals surface area contributed by atoms with Crippen molar-refractivity contribution in [3.8, 4) is 5.75 Å². The van der Waals surface area contributed by atoms with Gasteiger partial charge in [0.2, 0.25) is 0 Å². The van der Waals surface area contributed by atoms with Crippen molar-refractivity contribution in [1.29, 1.82) is 0 Å². The first-order valence-electron chi connectivity index (χ1n) is 8.74. The third-order valence-electron chi connectivity index (χ3n) is 5.17. The van der Waals surface area contributed by atoms with Gasteiger partial charge in [0, 0.05) is 23.2 Å². The lowest BCUT2D eigenvalue weighted by Crippen LogP contribution is -2.40. The van der Waals surface area contributed by atoms with E-state index < -0.39 is 0 Å². The largest absolute Gasteiger partial charge is 0.493 e. The van der Waals surface area contributed by atoms with Gasteiger partial charge in [0.25, 0.3) is 0 Å². The van der Waals surface area contributed by atoms with Crippen LogP contribution in [-0.4, -0.2) is 6.61 Å². The minimum absolute atomic E-state index is 0.228. The highest BCUT2D eigenvalue weighted by Gasteiger charge is 2.39. The molecule has 3 aromatic rings. The molecule has 0 saturated heterocycles. The van der Waals surface area contributed by atoms with Crippen LogP contribution in [0.5, 0.6) is 5.75 Å². The zero-order chi connectivity index (χ0) is 16.7. The normalized spacial score (nSPS) is 20.7. The predicted octanol–water partition coefficient (Wildman–Crippen LogP) is 5.22. The molecule has 3 aromatic carbocycles. The van der Waals surface area contributed by atoms with Crippen LogP contribution in [0.4, 0.5) is 5.69 Å². The Kier molecular flexibility index (Phi) is 3.17. The van der Waals surface area contributed by atoms with Crippen LogP contribution in [0.25, 0.3) is 5.57 Å². The molecule has 1 atom stereocenters. The fourth-order valence-electron chi connectivity index (χ4n) is 3.98. The van der Waals surface area contributed by atoms with Crippen LogP contribution in [0, 0.1) is 0 Å². The highest BCUT2D eigenvalue weighted by molar-refractivity contribution is 5.90. The summed E-state index contributed by atoms with van der Waals surface area (Å²) < 4.78 is 5.91. The van der Waals surface area contributed by atoms with Gasteiger partial charge in [-0.3, -0.25) is 0 Å². The molecule has 0 radical (unpaired) electrons. The van der Waals surface area contributed by atoms with Gasteiger partial charge in [0.1, 0.15) is 5.75 Å². The molecule has 1 spiro atoms. The molecule has 2 heteroatoms. The number of hydrogen-bond acceptors (Lipinski definition) is 2. The lowest BCUT2D eigenvalue weighted by Gasteiger charge is -2.42. The summed E-state index contributed by atoms with van der Waals surface area (Å²) in [4.78, 5) is 0. The molecule has 2 aliphatic rings. The van der Waals surface area contributed by atoms with Gasteiger partial charge in [-0.15, -0.1) is 0 Å². The maximum absolute atomic E-state index is 5.91. The summed E-state index contributed by atoms with van der Waals surface area (Å²) in [5.41, 5.74) is 5.95. The fraction of sp³-hybridized carbons (Fsp3) is 0.130. The number of anilines is 1. The van der Waals surface area contributed by atoms with Crippen molar-refractivity contribution in [2.75, 3.05) is 11.9 Å². The molecule has 0 aliphatic carbocycles. The fourth-order valence-corrected chi connectivity index (χ4v) is 3.98. The van der Waals surface area contributed by atoms with E-state index in [4.69, 9.17) is 4.74 Å². The zero-order valence-corrected chi connectivity index (χ0v) is 13.9. The highest BCUT2D eigenvalue weighted by Crippen LogP contribution is 2.47. The van der Waals surface area contributed by atoms with E-state index in [0.29, 0.717) is 6.61 Å².